The van der Waals surface area contributed by atoms with Crippen molar-refractivity contribution in [2.24, 2.45) is 17.3 Å². The van der Waals surface area contributed by atoms with E-state index >= 15 is 0 Å². The molecule has 0 radical (unpaired) electrons. The quantitative estimate of drug-likeness (QED) is 0.754. The summed E-state index contributed by atoms with van der Waals surface area (Å²) < 4.78 is 5.19. The Kier molecular flexibility index (Phi) is 7.03. The minimum absolute atomic E-state index is 0.0655. The normalized spacial score (nSPS) is 18.8. The van der Waals surface area contributed by atoms with E-state index in [1.165, 1.54) is 26.4 Å². The van der Waals surface area contributed by atoms with E-state index in [-0.39, 0.29) is 17.8 Å². The second kappa shape index (κ2) is 9.02. The third-order valence-electron chi connectivity index (χ3n) is 5.96. The van der Waals surface area contributed by atoms with E-state index < -0.39 is 5.41 Å². The molecule has 0 bridgehead atoms. The smallest absolute Gasteiger partial charge is 0.312 e. The maximum Gasteiger partial charge on any atom is 0.312 e. The average molecular weight is 345 g/mol. The Morgan fingerprint density at radius 3 is 2.40 bits per heavy atom. The number of nitrogens with one attached hydrogen (secondary N) is 1. The molecule has 1 aromatic rings. The van der Waals surface area contributed by atoms with Gasteiger partial charge in [-0.25, -0.2) is 0 Å². The minimum Gasteiger partial charge on any atom is -0.469 e. The Bertz CT molecular complexity index is 566. The molecular weight excluding hydrogens is 314 g/mol. The molecule has 25 heavy (non-hydrogen) atoms. The molecule has 1 aromatic carbocycles. The van der Waals surface area contributed by atoms with Gasteiger partial charge < -0.3 is 10.1 Å². The molecule has 0 saturated heterocycles. The van der Waals surface area contributed by atoms with Crippen molar-refractivity contribution in [2.75, 3.05) is 13.7 Å². The van der Waals surface area contributed by atoms with Crippen molar-refractivity contribution in [3.05, 3.63) is 35.9 Å². The first kappa shape index (κ1) is 19.5. The standard InChI is InChI=1S/C21H31NO3/c1-4-17(15-22-19(23)16-11-7-5-8-12-16)21(2,20(24)25-3)18-13-9-6-10-14-18/h5,7-8,11-12,17-18H,4,6,9-10,13-15H2,1-3H3,(H,22,23). The molecule has 2 rings (SSSR count). The Labute approximate surface area is 151 Å². The highest BCUT2D eigenvalue weighted by atomic mass is 16.5. The highest BCUT2D eigenvalue weighted by molar-refractivity contribution is 5.94. The summed E-state index contributed by atoms with van der Waals surface area (Å²) in [5.41, 5.74) is 0.100. The van der Waals surface area contributed by atoms with Crippen LogP contribution in [-0.4, -0.2) is 25.5 Å². The fourth-order valence-corrected chi connectivity index (χ4v) is 4.28. The van der Waals surface area contributed by atoms with Gasteiger partial charge in [-0.3, -0.25) is 9.59 Å². The number of amides is 1. The van der Waals surface area contributed by atoms with Crippen molar-refractivity contribution in [3.63, 3.8) is 0 Å². The second-order valence-corrected chi connectivity index (χ2v) is 7.29. The summed E-state index contributed by atoms with van der Waals surface area (Å²) in [4.78, 5) is 25.1. The highest BCUT2D eigenvalue weighted by Gasteiger charge is 2.47. The molecule has 0 aliphatic heterocycles. The molecule has 1 amide bonds. The Morgan fingerprint density at radius 1 is 1.20 bits per heavy atom. The van der Waals surface area contributed by atoms with Gasteiger partial charge in [0.05, 0.1) is 12.5 Å². The van der Waals surface area contributed by atoms with Crippen molar-refractivity contribution in [1.29, 1.82) is 0 Å². The molecule has 1 saturated carbocycles. The average Bonchev–Trinajstić information content (AvgIpc) is 2.68. The van der Waals surface area contributed by atoms with Crippen LogP contribution in [0.1, 0.15) is 62.7 Å². The predicted molar refractivity (Wildman–Crippen MR) is 99.3 cm³/mol. The molecule has 0 heterocycles. The number of rotatable bonds is 7. The monoisotopic (exact) mass is 345 g/mol. The lowest BCUT2D eigenvalue weighted by atomic mass is 9.62. The number of carbonyl (C=O) groups is 2. The molecule has 2 unspecified atom stereocenters. The number of hydrogen-bond acceptors (Lipinski definition) is 3. The van der Waals surface area contributed by atoms with Crippen LogP contribution in [0, 0.1) is 17.3 Å². The van der Waals surface area contributed by atoms with Gasteiger partial charge in [-0.2, -0.15) is 0 Å². The lowest BCUT2D eigenvalue weighted by Gasteiger charge is -2.43. The molecular formula is C21H31NO3. The van der Waals surface area contributed by atoms with E-state index in [2.05, 4.69) is 12.2 Å². The van der Waals surface area contributed by atoms with E-state index in [1.54, 1.807) is 12.1 Å². The zero-order chi connectivity index (χ0) is 18.3. The summed E-state index contributed by atoms with van der Waals surface area (Å²) in [5.74, 6) is 0.165. The SMILES string of the molecule is CCC(CNC(=O)c1ccccc1)C(C)(C(=O)OC)C1CCCCC1. The number of methoxy groups -OCH3 is 1. The maximum absolute atomic E-state index is 12.7. The number of benzene rings is 1. The topological polar surface area (TPSA) is 55.4 Å². The van der Waals surface area contributed by atoms with Crippen LogP contribution in [0.3, 0.4) is 0 Å². The molecule has 138 valence electrons. The fourth-order valence-electron chi connectivity index (χ4n) is 4.28. The van der Waals surface area contributed by atoms with Crippen LogP contribution in [0.4, 0.5) is 0 Å². The van der Waals surface area contributed by atoms with Crippen LogP contribution in [-0.2, 0) is 9.53 Å². The van der Waals surface area contributed by atoms with Gasteiger partial charge in [0, 0.05) is 12.1 Å². The number of hydrogen-bond donors (Lipinski definition) is 1. The number of esters is 1. The highest BCUT2D eigenvalue weighted by Crippen LogP contribution is 2.45. The van der Waals surface area contributed by atoms with Crippen molar-refractivity contribution in [2.45, 2.75) is 52.4 Å². The summed E-state index contributed by atoms with van der Waals surface area (Å²) in [5, 5.41) is 3.03. The van der Waals surface area contributed by atoms with Gasteiger partial charge in [-0.1, -0.05) is 50.8 Å². The Morgan fingerprint density at radius 2 is 1.84 bits per heavy atom. The largest absolute Gasteiger partial charge is 0.469 e. The van der Waals surface area contributed by atoms with Crippen LogP contribution in [0.5, 0.6) is 0 Å². The van der Waals surface area contributed by atoms with Gasteiger partial charge in [0.25, 0.3) is 5.91 Å². The second-order valence-electron chi connectivity index (χ2n) is 7.29. The van der Waals surface area contributed by atoms with Gasteiger partial charge in [-0.05, 0) is 43.7 Å². The van der Waals surface area contributed by atoms with Crippen molar-refractivity contribution >= 4 is 11.9 Å². The van der Waals surface area contributed by atoms with Crippen molar-refractivity contribution < 1.29 is 14.3 Å². The third kappa shape index (κ3) is 4.42. The van der Waals surface area contributed by atoms with E-state index in [4.69, 9.17) is 4.74 Å². The van der Waals surface area contributed by atoms with Gasteiger partial charge in [-0.15, -0.1) is 0 Å². The molecule has 2 atom stereocenters. The molecule has 0 aromatic heterocycles. The summed E-state index contributed by atoms with van der Waals surface area (Å²) in [6, 6.07) is 9.20. The van der Waals surface area contributed by atoms with Crippen LogP contribution < -0.4 is 5.32 Å². The maximum atomic E-state index is 12.7. The van der Waals surface area contributed by atoms with Crippen LogP contribution in [0.25, 0.3) is 0 Å². The van der Waals surface area contributed by atoms with Gasteiger partial charge in [0.15, 0.2) is 0 Å². The van der Waals surface area contributed by atoms with Crippen molar-refractivity contribution in [3.8, 4) is 0 Å². The van der Waals surface area contributed by atoms with Crippen LogP contribution in [0.2, 0.25) is 0 Å². The molecule has 1 aliphatic carbocycles. The van der Waals surface area contributed by atoms with E-state index in [0.717, 1.165) is 19.3 Å². The van der Waals surface area contributed by atoms with Gasteiger partial charge >= 0.3 is 5.97 Å². The fraction of sp³-hybridized carbons (Fsp3) is 0.619. The Balaban J connectivity index is 2.13. The Hall–Kier alpha value is -1.84. The van der Waals surface area contributed by atoms with Crippen LogP contribution >= 0.6 is 0 Å². The van der Waals surface area contributed by atoms with E-state index in [9.17, 15) is 9.59 Å². The molecule has 1 N–H and O–H groups in total. The van der Waals surface area contributed by atoms with Crippen molar-refractivity contribution in [1.82, 2.24) is 5.32 Å². The molecule has 4 nitrogen and oxygen atoms in total. The zero-order valence-electron chi connectivity index (χ0n) is 15.7. The summed E-state index contributed by atoms with van der Waals surface area (Å²) in [7, 11) is 1.47. The lowest BCUT2D eigenvalue weighted by Crippen LogP contribution is -2.48. The van der Waals surface area contributed by atoms with Gasteiger partial charge in [0.2, 0.25) is 0 Å². The molecule has 4 heteroatoms. The first-order chi connectivity index (χ1) is 12.0. The zero-order valence-corrected chi connectivity index (χ0v) is 15.7. The predicted octanol–water partition coefficient (Wildman–Crippen LogP) is 4.20. The third-order valence-corrected chi connectivity index (χ3v) is 5.96. The summed E-state index contributed by atoms with van der Waals surface area (Å²) >= 11 is 0. The first-order valence-electron chi connectivity index (χ1n) is 9.45. The van der Waals surface area contributed by atoms with E-state index in [1.807, 2.05) is 25.1 Å². The summed E-state index contributed by atoms with van der Waals surface area (Å²) in [6.45, 7) is 4.62. The number of ether oxygens (including phenoxy) is 1. The minimum atomic E-state index is -0.548. The molecule has 0 spiro atoms. The summed E-state index contributed by atoms with van der Waals surface area (Å²) in [6.07, 6.45) is 6.55. The van der Waals surface area contributed by atoms with Crippen LogP contribution in [0.15, 0.2) is 30.3 Å². The lowest BCUT2D eigenvalue weighted by molar-refractivity contribution is -0.161. The molecule has 1 aliphatic rings. The van der Waals surface area contributed by atoms with E-state index in [0.29, 0.717) is 18.0 Å². The first-order valence-corrected chi connectivity index (χ1v) is 9.45. The molecule has 1 fully saturated rings. The van der Waals surface area contributed by atoms with Gasteiger partial charge in [0.1, 0.15) is 0 Å². The number of carbonyl (C=O) groups excluding carboxylic acids is 2.